The van der Waals surface area contributed by atoms with E-state index in [1.165, 1.54) is 0 Å². The quantitative estimate of drug-likeness (QED) is 0.752. The first-order valence-corrected chi connectivity index (χ1v) is 5.46. The zero-order valence-electron chi connectivity index (χ0n) is 10.1. The number of ether oxygens (including phenoxy) is 1. The Kier molecular flexibility index (Phi) is 4.49. The van der Waals surface area contributed by atoms with Crippen molar-refractivity contribution in [3.8, 4) is 0 Å². The number of esters is 1. The molecular formula is C11H19N3O2. The molecule has 1 aromatic rings. The summed E-state index contributed by atoms with van der Waals surface area (Å²) in [5.74, 6) is -0.336. The molecule has 2 N–H and O–H groups in total. The second-order valence-electron chi connectivity index (χ2n) is 3.76. The van der Waals surface area contributed by atoms with E-state index in [1.54, 1.807) is 13.3 Å². The van der Waals surface area contributed by atoms with Crippen LogP contribution in [0.2, 0.25) is 0 Å². The molecular weight excluding hydrogens is 206 g/mol. The molecule has 0 aliphatic carbocycles. The van der Waals surface area contributed by atoms with Crippen molar-refractivity contribution in [2.24, 2.45) is 5.73 Å². The standard InChI is InChI=1S/C11H19N3O2/c1-4-16-11(15)10(12)5-6-14-7-13-8(2)9(14)3/h7,10H,4-6,12H2,1-3H3. The number of aryl methyl sites for hydroxylation is 2. The minimum atomic E-state index is -0.554. The van der Waals surface area contributed by atoms with Gasteiger partial charge in [0.05, 0.1) is 18.6 Å². The Labute approximate surface area is 95.6 Å². The van der Waals surface area contributed by atoms with Crippen LogP contribution in [0.4, 0.5) is 0 Å². The Bertz CT molecular complexity index is 360. The molecule has 5 nitrogen and oxygen atoms in total. The van der Waals surface area contributed by atoms with Gasteiger partial charge >= 0.3 is 5.97 Å². The van der Waals surface area contributed by atoms with Crippen molar-refractivity contribution in [3.63, 3.8) is 0 Å². The summed E-state index contributed by atoms with van der Waals surface area (Å²) in [6, 6.07) is -0.554. The van der Waals surface area contributed by atoms with Crippen LogP contribution in [0, 0.1) is 13.8 Å². The highest BCUT2D eigenvalue weighted by Crippen LogP contribution is 2.06. The van der Waals surface area contributed by atoms with E-state index in [-0.39, 0.29) is 5.97 Å². The fourth-order valence-corrected chi connectivity index (χ4v) is 1.41. The van der Waals surface area contributed by atoms with Gasteiger partial charge in [0.1, 0.15) is 6.04 Å². The Hall–Kier alpha value is -1.36. The predicted octanol–water partition coefficient (Wildman–Crippen LogP) is 0.780. The van der Waals surface area contributed by atoms with E-state index < -0.39 is 6.04 Å². The minimum Gasteiger partial charge on any atom is -0.465 e. The number of hydrogen-bond donors (Lipinski definition) is 1. The van der Waals surface area contributed by atoms with Crippen LogP contribution in [0.25, 0.3) is 0 Å². The topological polar surface area (TPSA) is 70.1 Å². The van der Waals surface area contributed by atoms with Crippen LogP contribution >= 0.6 is 0 Å². The summed E-state index contributed by atoms with van der Waals surface area (Å²) in [7, 11) is 0. The molecule has 0 bridgehead atoms. The highest BCUT2D eigenvalue weighted by molar-refractivity contribution is 5.75. The van der Waals surface area contributed by atoms with Gasteiger partial charge < -0.3 is 15.0 Å². The van der Waals surface area contributed by atoms with Gasteiger partial charge in [-0.3, -0.25) is 4.79 Å². The molecule has 1 heterocycles. The van der Waals surface area contributed by atoms with E-state index in [1.807, 2.05) is 18.4 Å². The molecule has 0 radical (unpaired) electrons. The van der Waals surface area contributed by atoms with Crippen LogP contribution in [0.5, 0.6) is 0 Å². The van der Waals surface area contributed by atoms with Gasteiger partial charge in [-0.25, -0.2) is 4.98 Å². The monoisotopic (exact) mass is 225 g/mol. The van der Waals surface area contributed by atoms with Crippen LogP contribution < -0.4 is 5.73 Å². The third-order valence-corrected chi connectivity index (χ3v) is 2.62. The van der Waals surface area contributed by atoms with Crippen LogP contribution in [-0.2, 0) is 16.1 Å². The molecule has 1 unspecified atom stereocenters. The van der Waals surface area contributed by atoms with Gasteiger partial charge in [-0.1, -0.05) is 0 Å². The maximum atomic E-state index is 11.3. The van der Waals surface area contributed by atoms with Crippen molar-refractivity contribution < 1.29 is 9.53 Å². The molecule has 0 spiro atoms. The largest absolute Gasteiger partial charge is 0.465 e. The van der Waals surface area contributed by atoms with E-state index in [9.17, 15) is 4.79 Å². The van der Waals surface area contributed by atoms with E-state index in [4.69, 9.17) is 10.5 Å². The third kappa shape index (κ3) is 3.06. The van der Waals surface area contributed by atoms with Crippen molar-refractivity contribution in [2.45, 2.75) is 39.8 Å². The summed E-state index contributed by atoms with van der Waals surface area (Å²) in [5, 5.41) is 0. The van der Waals surface area contributed by atoms with Crippen molar-refractivity contribution in [1.29, 1.82) is 0 Å². The molecule has 5 heteroatoms. The van der Waals surface area contributed by atoms with Crippen LogP contribution in [0.3, 0.4) is 0 Å². The summed E-state index contributed by atoms with van der Waals surface area (Å²) < 4.78 is 6.83. The molecule has 0 saturated heterocycles. The van der Waals surface area contributed by atoms with Crippen molar-refractivity contribution >= 4 is 5.97 Å². The molecule has 90 valence electrons. The fourth-order valence-electron chi connectivity index (χ4n) is 1.41. The van der Waals surface area contributed by atoms with Crippen molar-refractivity contribution in [1.82, 2.24) is 9.55 Å². The summed E-state index contributed by atoms with van der Waals surface area (Å²) in [6.07, 6.45) is 2.33. The van der Waals surface area contributed by atoms with Gasteiger partial charge in [-0.05, 0) is 27.2 Å². The lowest BCUT2D eigenvalue weighted by atomic mass is 10.2. The maximum Gasteiger partial charge on any atom is 0.322 e. The highest BCUT2D eigenvalue weighted by atomic mass is 16.5. The fraction of sp³-hybridized carbons (Fsp3) is 0.636. The summed E-state index contributed by atoms with van der Waals surface area (Å²) in [4.78, 5) is 15.5. The number of rotatable bonds is 5. The van der Waals surface area contributed by atoms with Gasteiger partial charge in [0.25, 0.3) is 0 Å². The molecule has 0 aliphatic rings. The van der Waals surface area contributed by atoms with Gasteiger partial charge in [0.15, 0.2) is 0 Å². The average molecular weight is 225 g/mol. The molecule has 0 aliphatic heterocycles. The average Bonchev–Trinajstić information content (AvgIpc) is 2.57. The van der Waals surface area contributed by atoms with E-state index in [2.05, 4.69) is 4.98 Å². The normalized spacial score (nSPS) is 12.5. The number of aromatic nitrogens is 2. The molecule has 16 heavy (non-hydrogen) atoms. The van der Waals surface area contributed by atoms with Crippen LogP contribution in [-0.4, -0.2) is 28.2 Å². The van der Waals surface area contributed by atoms with Gasteiger partial charge in [-0.15, -0.1) is 0 Å². The molecule has 1 rings (SSSR count). The smallest absolute Gasteiger partial charge is 0.322 e. The van der Waals surface area contributed by atoms with E-state index in [0.717, 1.165) is 11.4 Å². The van der Waals surface area contributed by atoms with Crippen molar-refractivity contribution in [3.05, 3.63) is 17.7 Å². The highest BCUT2D eigenvalue weighted by Gasteiger charge is 2.14. The first-order chi connectivity index (χ1) is 7.56. The van der Waals surface area contributed by atoms with E-state index >= 15 is 0 Å². The second kappa shape index (κ2) is 5.65. The van der Waals surface area contributed by atoms with Crippen LogP contribution in [0.1, 0.15) is 24.7 Å². The van der Waals surface area contributed by atoms with Gasteiger partial charge in [0.2, 0.25) is 0 Å². The molecule has 0 aromatic carbocycles. The lowest BCUT2D eigenvalue weighted by Gasteiger charge is -2.11. The zero-order valence-corrected chi connectivity index (χ0v) is 10.1. The molecule has 0 amide bonds. The lowest BCUT2D eigenvalue weighted by molar-refractivity contribution is -0.144. The maximum absolute atomic E-state index is 11.3. The zero-order chi connectivity index (χ0) is 12.1. The first kappa shape index (κ1) is 12.7. The molecule has 0 fully saturated rings. The Balaban J connectivity index is 2.45. The number of nitrogens with two attached hydrogens (primary N) is 1. The Morgan fingerprint density at radius 1 is 1.62 bits per heavy atom. The van der Waals surface area contributed by atoms with Gasteiger partial charge in [0, 0.05) is 12.2 Å². The molecule has 1 atom stereocenters. The predicted molar refractivity (Wildman–Crippen MR) is 60.9 cm³/mol. The third-order valence-electron chi connectivity index (χ3n) is 2.62. The van der Waals surface area contributed by atoms with Crippen LogP contribution in [0.15, 0.2) is 6.33 Å². The number of imidazole rings is 1. The summed E-state index contributed by atoms with van der Waals surface area (Å²) in [5.41, 5.74) is 7.81. The molecule has 1 aromatic heterocycles. The summed E-state index contributed by atoms with van der Waals surface area (Å²) in [6.45, 7) is 6.78. The first-order valence-electron chi connectivity index (χ1n) is 5.46. The number of carbonyl (C=O) groups excluding carboxylic acids is 1. The van der Waals surface area contributed by atoms with E-state index in [0.29, 0.717) is 19.6 Å². The Morgan fingerprint density at radius 2 is 2.31 bits per heavy atom. The second-order valence-corrected chi connectivity index (χ2v) is 3.76. The minimum absolute atomic E-state index is 0.336. The summed E-state index contributed by atoms with van der Waals surface area (Å²) >= 11 is 0. The SMILES string of the molecule is CCOC(=O)C(N)CCn1cnc(C)c1C. The number of carbonyl (C=O) groups is 1. The number of nitrogens with zero attached hydrogens (tertiary/aromatic N) is 2. The van der Waals surface area contributed by atoms with Gasteiger partial charge in [-0.2, -0.15) is 0 Å². The molecule has 0 saturated carbocycles. The Morgan fingerprint density at radius 3 is 2.81 bits per heavy atom. The number of hydrogen-bond acceptors (Lipinski definition) is 4. The van der Waals surface area contributed by atoms with Crippen molar-refractivity contribution in [2.75, 3.05) is 6.61 Å². The lowest BCUT2D eigenvalue weighted by Crippen LogP contribution is -2.33.